The van der Waals surface area contributed by atoms with Crippen molar-refractivity contribution >= 4 is 23.2 Å². The van der Waals surface area contributed by atoms with E-state index in [2.05, 4.69) is 23.2 Å². The summed E-state index contributed by atoms with van der Waals surface area (Å²) in [4.78, 5) is 0. The van der Waals surface area contributed by atoms with Crippen LogP contribution in [0, 0.1) is 42.2 Å². The van der Waals surface area contributed by atoms with Gasteiger partial charge in [0, 0.05) is 36.9 Å². The van der Waals surface area contributed by atoms with Crippen molar-refractivity contribution in [1.29, 1.82) is 0 Å². The first-order chi connectivity index (χ1) is 1.41. The molecule has 0 atom stereocenters. The largest absolute Gasteiger partial charge is 0.333 e. The van der Waals surface area contributed by atoms with E-state index in [0.29, 0.717) is 0 Å². The van der Waals surface area contributed by atoms with Gasteiger partial charge in [0.25, 0.3) is 0 Å². The molecule has 1 radical (unpaired) electrons. The Morgan fingerprint density at radius 1 is 1.25 bits per heavy atom. The molecule has 0 saturated heterocycles. The van der Waals surface area contributed by atoms with Crippen molar-refractivity contribution in [2.45, 2.75) is 0 Å². The fraction of sp³-hybridized carbons (Fsp3) is 0. The minimum absolute atomic E-state index is 0. The van der Waals surface area contributed by atoms with E-state index in [1.807, 2.05) is 0 Å². The third-order valence-electron chi connectivity index (χ3n) is 0. The molecule has 0 aliphatic rings. The minimum atomic E-state index is 0. The number of halogens is 2. The van der Waals surface area contributed by atoms with Crippen molar-refractivity contribution in [3.8, 4) is 0 Å². The van der Waals surface area contributed by atoms with Crippen LogP contribution >= 0.6 is 23.2 Å². The monoisotopic (exact) mass is 258 g/mol. The third kappa shape index (κ3) is 9.18. The molecule has 0 aromatic carbocycles. The molecule has 0 heterocycles. The number of hydrogen-bond donors (Lipinski definition) is 0. The maximum Gasteiger partial charge on any atom is 0 e. The summed E-state index contributed by atoms with van der Waals surface area (Å²) in [5, 5.41) is 0.944. The fourth-order valence-electron chi connectivity index (χ4n) is 0. The van der Waals surface area contributed by atoms with E-state index in [1.165, 1.54) is 0 Å². The molecular weight excluding hydrogens is 258 g/mol. The maximum atomic E-state index is 4.64. The molecule has 0 fully saturated rings. The molecule has 0 nitrogen and oxygen atoms in total. The Labute approximate surface area is 64.6 Å². The predicted molar refractivity (Wildman–Crippen MR) is 16.0 cm³/mol. The van der Waals surface area contributed by atoms with E-state index in [0.717, 1.165) is 5.34 Å². The first-order valence-electron chi connectivity index (χ1n) is 0.436. The van der Waals surface area contributed by atoms with E-state index in [9.17, 15) is 0 Å². The Kier molecular flexibility index (Phi) is 20.5. The van der Waals surface area contributed by atoms with Gasteiger partial charge in [-0.2, -0.15) is 5.34 Å². The van der Waals surface area contributed by atoms with E-state index >= 15 is 0 Å². The second-order valence-electron chi connectivity index (χ2n) is 0.0825. The fourth-order valence-corrected chi connectivity index (χ4v) is 0. The van der Waals surface area contributed by atoms with Gasteiger partial charge in [-0.15, -0.1) is 0 Å². The van der Waals surface area contributed by atoms with Crippen molar-refractivity contribution in [2.75, 3.05) is 0 Å². The summed E-state index contributed by atoms with van der Waals surface area (Å²) in [6.07, 6.45) is 0. The molecule has 0 unspecified atom stereocenters. The molecule has 0 N–H and O–H groups in total. The SMILES string of the molecule is Cl[CH-]Cl.[Lu]. The first-order valence-corrected chi connectivity index (χ1v) is 1.31. The van der Waals surface area contributed by atoms with Crippen LogP contribution in [0.3, 0.4) is 0 Å². The summed E-state index contributed by atoms with van der Waals surface area (Å²) in [5.41, 5.74) is 0. The molecule has 0 aromatic heterocycles. The molecule has 3 heteroatoms. The average molecular weight is 259 g/mol. The smallest absolute Gasteiger partial charge is 0 e. The van der Waals surface area contributed by atoms with Crippen LogP contribution in [0.15, 0.2) is 0 Å². The van der Waals surface area contributed by atoms with Gasteiger partial charge in [0.05, 0.1) is 0 Å². The minimum Gasteiger partial charge on any atom is -0.333 e. The van der Waals surface area contributed by atoms with Crippen molar-refractivity contribution in [3.63, 3.8) is 0 Å². The molecule has 0 bridgehead atoms. The zero-order valence-corrected chi connectivity index (χ0v) is 4.76. The first kappa shape index (κ1) is 9.26. The van der Waals surface area contributed by atoms with Crippen LogP contribution < -0.4 is 0 Å². The Morgan fingerprint density at radius 2 is 1.25 bits per heavy atom. The topological polar surface area (TPSA) is 0 Å². The van der Waals surface area contributed by atoms with Crippen molar-refractivity contribution in [3.05, 3.63) is 5.34 Å². The summed E-state index contributed by atoms with van der Waals surface area (Å²) < 4.78 is 0. The van der Waals surface area contributed by atoms with Gasteiger partial charge < -0.3 is 23.2 Å². The van der Waals surface area contributed by atoms with E-state index in [4.69, 9.17) is 0 Å². The molecule has 0 amide bonds. The van der Waals surface area contributed by atoms with Gasteiger partial charge in [0.15, 0.2) is 0 Å². The Morgan fingerprint density at radius 3 is 1.25 bits per heavy atom. The molecule has 0 aliphatic carbocycles. The van der Waals surface area contributed by atoms with Crippen LogP contribution in [-0.2, 0) is 0 Å². The molecule has 0 aromatic rings. The van der Waals surface area contributed by atoms with E-state index in [-0.39, 0.29) is 36.9 Å². The zero-order valence-electron chi connectivity index (χ0n) is 1.59. The van der Waals surface area contributed by atoms with E-state index < -0.39 is 0 Å². The van der Waals surface area contributed by atoms with Gasteiger partial charge in [-0.25, -0.2) is 0 Å². The molecule has 4 heavy (non-hydrogen) atoms. The Bertz CT molecular complexity index is 6.00. The van der Waals surface area contributed by atoms with Crippen LogP contribution in [0.25, 0.3) is 0 Å². The summed E-state index contributed by atoms with van der Waals surface area (Å²) >= 11 is 9.28. The third-order valence-corrected chi connectivity index (χ3v) is 0. The summed E-state index contributed by atoms with van der Waals surface area (Å²) in [5.74, 6) is 0. The van der Waals surface area contributed by atoms with Crippen molar-refractivity contribution < 1.29 is 36.9 Å². The molecule has 35 valence electrons. The average Bonchev–Trinajstić information content (AvgIpc) is 0.918. The summed E-state index contributed by atoms with van der Waals surface area (Å²) in [6, 6.07) is 0. The molecule has 0 spiro atoms. The summed E-state index contributed by atoms with van der Waals surface area (Å²) in [7, 11) is 0. The molecular formula is CHCl2Lu-. The Balaban J connectivity index is 0. The van der Waals surface area contributed by atoms with Gasteiger partial charge in [-0.05, 0) is 0 Å². The van der Waals surface area contributed by atoms with Gasteiger partial charge in [0.1, 0.15) is 0 Å². The predicted octanol–water partition coefficient (Wildman–Crippen LogP) is 1.58. The van der Waals surface area contributed by atoms with Crippen LogP contribution in [0.4, 0.5) is 0 Å². The van der Waals surface area contributed by atoms with Crippen molar-refractivity contribution in [1.82, 2.24) is 0 Å². The maximum absolute atomic E-state index is 4.64. The van der Waals surface area contributed by atoms with Gasteiger partial charge in [-0.1, -0.05) is 0 Å². The molecule has 0 saturated carbocycles. The van der Waals surface area contributed by atoms with E-state index in [1.54, 1.807) is 0 Å². The van der Waals surface area contributed by atoms with Crippen molar-refractivity contribution in [2.24, 2.45) is 0 Å². The number of hydrogen-bond acceptors (Lipinski definition) is 0. The zero-order chi connectivity index (χ0) is 2.71. The second kappa shape index (κ2) is 8.84. The number of rotatable bonds is 0. The Hall–Kier alpha value is 1.81. The van der Waals surface area contributed by atoms with Crippen LogP contribution in [0.1, 0.15) is 0 Å². The van der Waals surface area contributed by atoms with Gasteiger partial charge in [-0.3, -0.25) is 0 Å². The van der Waals surface area contributed by atoms with Crippen LogP contribution in [-0.4, -0.2) is 0 Å². The molecule has 0 rings (SSSR count). The van der Waals surface area contributed by atoms with Crippen LogP contribution in [0.5, 0.6) is 0 Å². The quantitative estimate of drug-likeness (QED) is 0.579. The van der Waals surface area contributed by atoms with Gasteiger partial charge >= 0.3 is 0 Å². The van der Waals surface area contributed by atoms with Gasteiger partial charge in [0.2, 0.25) is 0 Å². The van der Waals surface area contributed by atoms with Crippen LogP contribution in [0.2, 0.25) is 0 Å². The standard InChI is InChI=1S/CHCl2.Lu/c2-1-3;/h1H;/q-1;. The second-order valence-corrected chi connectivity index (χ2v) is 0.742. The normalized spacial score (nSPS) is 4.50. The summed E-state index contributed by atoms with van der Waals surface area (Å²) in [6.45, 7) is 0. The molecule has 0 aliphatic heterocycles.